The van der Waals surface area contributed by atoms with Gasteiger partial charge < -0.3 is 14.9 Å². The fourth-order valence-corrected chi connectivity index (χ4v) is 3.06. The van der Waals surface area contributed by atoms with E-state index in [1.54, 1.807) is 18.2 Å². The van der Waals surface area contributed by atoms with Crippen molar-refractivity contribution in [1.82, 2.24) is 10.1 Å². The number of carboxylic acid groups (broad SMARTS) is 1. The molecule has 2 aliphatic rings. The van der Waals surface area contributed by atoms with Gasteiger partial charge in [0.25, 0.3) is 11.8 Å². The van der Waals surface area contributed by atoms with Gasteiger partial charge in [-0.1, -0.05) is 17.3 Å². The van der Waals surface area contributed by atoms with E-state index in [9.17, 15) is 14.7 Å². The Morgan fingerprint density at radius 2 is 1.92 bits per heavy atom. The highest BCUT2D eigenvalue weighted by molar-refractivity contribution is 6.10. The third-order valence-corrected chi connectivity index (χ3v) is 4.54. The number of aliphatic carboxylic acids is 1. The molecule has 7 heteroatoms. The summed E-state index contributed by atoms with van der Waals surface area (Å²) >= 11 is 0. The van der Waals surface area contributed by atoms with Crippen molar-refractivity contribution in [3.8, 4) is 11.5 Å². The van der Waals surface area contributed by atoms with Crippen LogP contribution in [0.3, 0.4) is 0 Å². The van der Waals surface area contributed by atoms with Gasteiger partial charge in [-0.25, -0.2) is 4.79 Å². The standard InChI is InChI=1S/C18H17N3O4/c22-16(11-5-3-6-12(11)18(23)24)19-14-7-2-1-4-13(14)17-20-15(21-25-17)10-8-9-10/h1-2,4,7,10H,3,5-6,8-9H2,(H,19,22)(H,23,24). The molecule has 0 unspecified atom stereocenters. The molecule has 1 aromatic carbocycles. The van der Waals surface area contributed by atoms with Crippen molar-refractivity contribution in [2.24, 2.45) is 0 Å². The van der Waals surface area contributed by atoms with Crippen molar-refractivity contribution in [3.63, 3.8) is 0 Å². The monoisotopic (exact) mass is 339 g/mol. The fraction of sp³-hybridized carbons (Fsp3) is 0.333. The first-order chi connectivity index (χ1) is 12.1. The number of nitrogens with zero attached hydrogens (tertiary/aromatic N) is 2. The van der Waals surface area contributed by atoms with Gasteiger partial charge in [-0.3, -0.25) is 4.79 Å². The van der Waals surface area contributed by atoms with Crippen LogP contribution in [-0.2, 0) is 9.59 Å². The largest absolute Gasteiger partial charge is 0.478 e. The first-order valence-corrected chi connectivity index (χ1v) is 8.33. The van der Waals surface area contributed by atoms with Crippen LogP contribution in [0.15, 0.2) is 39.9 Å². The number of carbonyl (C=O) groups excluding carboxylic acids is 1. The van der Waals surface area contributed by atoms with E-state index in [0.29, 0.717) is 53.7 Å². The van der Waals surface area contributed by atoms with E-state index >= 15 is 0 Å². The number of para-hydroxylation sites is 1. The molecule has 1 fully saturated rings. The molecule has 1 amide bonds. The number of carboxylic acids is 1. The number of hydrogen-bond donors (Lipinski definition) is 2. The average molecular weight is 339 g/mol. The molecule has 2 aromatic rings. The lowest BCUT2D eigenvalue weighted by molar-refractivity contribution is -0.133. The highest BCUT2D eigenvalue weighted by Crippen LogP contribution is 2.39. The lowest BCUT2D eigenvalue weighted by Crippen LogP contribution is -2.16. The number of rotatable bonds is 5. The summed E-state index contributed by atoms with van der Waals surface area (Å²) in [5.74, 6) is 0.0201. The van der Waals surface area contributed by atoms with E-state index < -0.39 is 5.97 Å². The van der Waals surface area contributed by atoms with Gasteiger partial charge in [-0.05, 0) is 44.2 Å². The zero-order chi connectivity index (χ0) is 17.4. The SMILES string of the molecule is O=C(O)C1=C(C(=O)Nc2ccccc2-c2nc(C3CC3)no2)CCC1. The minimum Gasteiger partial charge on any atom is -0.478 e. The summed E-state index contributed by atoms with van der Waals surface area (Å²) in [6.07, 6.45) is 3.73. The Morgan fingerprint density at radius 3 is 2.68 bits per heavy atom. The topological polar surface area (TPSA) is 105 Å². The van der Waals surface area contributed by atoms with E-state index in [4.69, 9.17) is 4.52 Å². The third kappa shape index (κ3) is 3.05. The maximum atomic E-state index is 12.5. The van der Waals surface area contributed by atoms with Crippen LogP contribution in [0.4, 0.5) is 5.69 Å². The van der Waals surface area contributed by atoms with E-state index in [1.165, 1.54) is 0 Å². The summed E-state index contributed by atoms with van der Waals surface area (Å²) in [6, 6.07) is 7.15. The Balaban J connectivity index is 1.61. The molecule has 25 heavy (non-hydrogen) atoms. The molecule has 1 saturated carbocycles. The van der Waals surface area contributed by atoms with Crippen LogP contribution in [0.1, 0.15) is 43.8 Å². The Kier molecular flexibility index (Phi) is 3.83. The van der Waals surface area contributed by atoms with Crippen molar-refractivity contribution < 1.29 is 19.2 Å². The van der Waals surface area contributed by atoms with Gasteiger partial charge in [0, 0.05) is 17.1 Å². The van der Waals surface area contributed by atoms with Crippen LogP contribution in [0.5, 0.6) is 0 Å². The van der Waals surface area contributed by atoms with Crippen LogP contribution in [-0.4, -0.2) is 27.1 Å². The first-order valence-electron chi connectivity index (χ1n) is 8.33. The first kappa shape index (κ1) is 15.6. The van der Waals surface area contributed by atoms with Gasteiger partial charge in [0.05, 0.1) is 11.3 Å². The zero-order valence-electron chi connectivity index (χ0n) is 13.5. The number of amides is 1. The second-order valence-corrected chi connectivity index (χ2v) is 6.35. The predicted molar refractivity (Wildman–Crippen MR) is 88.9 cm³/mol. The van der Waals surface area contributed by atoms with Crippen molar-refractivity contribution in [2.75, 3.05) is 5.32 Å². The van der Waals surface area contributed by atoms with Gasteiger partial charge >= 0.3 is 5.97 Å². The summed E-state index contributed by atoms with van der Waals surface area (Å²) in [6.45, 7) is 0. The Hall–Kier alpha value is -2.96. The van der Waals surface area contributed by atoms with Gasteiger partial charge in [-0.2, -0.15) is 4.98 Å². The summed E-state index contributed by atoms with van der Waals surface area (Å²) < 4.78 is 5.34. The molecule has 1 heterocycles. The van der Waals surface area contributed by atoms with E-state index in [1.807, 2.05) is 6.07 Å². The Morgan fingerprint density at radius 1 is 1.16 bits per heavy atom. The molecule has 0 atom stereocenters. The van der Waals surface area contributed by atoms with Gasteiger partial charge in [-0.15, -0.1) is 0 Å². The summed E-state index contributed by atoms with van der Waals surface area (Å²) in [7, 11) is 0. The summed E-state index contributed by atoms with van der Waals surface area (Å²) in [5.41, 5.74) is 1.70. The van der Waals surface area contributed by atoms with Gasteiger partial charge in [0.2, 0.25) is 0 Å². The third-order valence-electron chi connectivity index (χ3n) is 4.54. The van der Waals surface area contributed by atoms with E-state index in [0.717, 1.165) is 12.8 Å². The Bertz CT molecular complexity index is 880. The molecule has 0 spiro atoms. The molecule has 7 nitrogen and oxygen atoms in total. The van der Waals surface area contributed by atoms with Crippen LogP contribution in [0.2, 0.25) is 0 Å². The van der Waals surface area contributed by atoms with Crippen molar-refractivity contribution in [1.29, 1.82) is 0 Å². The molecular formula is C18H17N3O4. The van der Waals surface area contributed by atoms with Crippen molar-refractivity contribution in [2.45, 2.75) is 38.0 Å². The summed E-state index contributed by atoms with van der Waals surface area (Å²) in [4.78, 5) is 28.2. The van der Waals surface area contributed by atoms with Crippen LogP contribution in [0, 0.1) is 0 Å². The number of anilines is 1. The second kappa shape index (κ2) is 6.16. The van der Waals surface area contributed by atoms with Crippen LogP contribution < -0.4 is 5.32 Å². The quantitative estimate of drug-likeness (QED) is 0.867. The fourth-order valence-electron chi connectivity index (χ4n) is 3.06. The Labute approximate surface area is 143 Å². The average Bonchev–Trinajstić information content (AvgIpc) is 3.13. The number of hydrogen-bond acceptors (Lipinski definition) is 5. The predicted octanol–water partition coefficient (Wildman–Crippen LogP) is 3.12. The summed E-state index contributed by atoms with van der Waals surface area (Å²) in [5, 5.41) is 16.0. The van der Waals surface area contributed by atoms with E-state index in [-0.39, 0.29) is 11.5 Å². The molecule has 0 saturated heterocycles. The second-order valence-electron chi connectivity index (χ2n) is 6.35. The minimum absolute atomic E-state index is 0.198. The van der Waals surface area contributed by atoms with Gasteiger partial charge in [0.15, 0.2) is 5.82 Å². The molecule has 2 aliphatic carbocycles. The maximum Gasteiger partial charge on any atom is 0.332 e. The number of benzene rings is 1. The molecule has 2 N–H and O–H groups in total. The minimum atomic E-state index is -1.03. The highest BCUT2D eigenvalue weighted by Gasteiger charge is 2.30. The maximum absolute atomic E-state index is 12.5. The van der Waals surface area contributed by atoms with Gasteiger partial charge in [0.1, 0.15) is 0 Å². The molecule has 128 valence electrons. The lowest BCUT2D eigenvalue weighted by atomic mass is 10.1. The number of nitrogens with one attached hydrogen (secondary N) is 1. The van der Waals surface area contributed by atoms with Crippen LogP contribution in [0.25, 0.3) is 11.5 Å². The molecule has 1 aromatic heterocycles. The molecule has 0 radical (unpaired) electrons. The molecule has 0 bridgehead atoms. The molecular weight excluding hydrogens is 322 g/mol. The van der Waals surface area contributed by atoms with Crippen LogP contribution >= 0.6 is 0 Å². The zero-order valence-corrected chi connectivity index (χ0v) is 13.5. The highest BCUT2D eigenvalue weighted by atomic mass is 16.5. The van der Waals surface area contributed by atoms with Crippen molar-refractivity contribution in [3.05, 3.63) is 41.2 Å². The van der Waals surface area contributed by atoms with Crippen molar-refractivity contribution >= 4 is 17.6 Å². The smallest absolute Gasteiger partial charge is 0.332 e. The lowest BCUT2D eigenvalue weighted by Gasteiger charge is -2.09. The molecule has 0 aliphatic heterocycles. The van der Waals surface area contributed by atoms with E-state index in [2.05, 4.69) is 15.5 Å². The normalized spacial score (nSPS) is 17.0. The molecule has 4 rings (SSSR count). The number of aromatic nitrogens is 2. The number of carbonyl (C=O) groups is 2.